The number of hydrogen-bond donors (Lipinski definition) is 2. The standard InChI is InChI=1S/C21H28N4O5/c1-5-12-11-25(7-6-14(12)21(26)27)20-19(22)23-10-15(24-20)13-8-16(28-2)18(30-4)17(9-13)29-3/h8-10,12,14H,5-7,11H2,1-4H3,(H2,22,23)(H,26,27)/t12-,14+/m0/s1. The molecule has 3 N–H and O–H groups in total. The SMILES string of the molecule is CC[C@H]1CN(c2nc(-c3cc(OC)c(OC)c(OC)c3)cnc2N)CC[C@H]1C(=O)O. The van der Waals surface area contributed by atoms with Gasteiger partial charge in [-0.05, 0) is 24.5 Å². The van der Waals surface area contributed by atoms with E-state index in [1.54, 1.807) is 39.7 Å². The molecule has 0 spiro atoms. The Balaban J connectivity index is 1.98. The van der Waals surface area contributed by atoms with Crippen molar-refractivity contribution in [1.29, 1.82) is 0 Å². The van der Waals surface area contributed by atoms with E-state index in [1.165, 1.54) is 0 Å². The quantitative estimate of drug-likeness (QED) is 0.702. The van der Waals surface area contributed by atoms with Crippen molar-refractivity contribution < 1.29 is 24.1 Å². The Labute approximate surface area is 175 Å². The topological polar surface area (TPSA) is 120 Å². The normalized spacial score (nSPS) is 18.7. The molecule has 0 radical (unpaired) electrons. The summed E-state index contributed by atoms with van der Waals surface area (Å²) < 4.78 is 16.2. The molecule has 1 saturated heterocycles. The molecule has 30 heavy (non-hydrogen) atoms. The van der Waals surface area contributed by atoms with E-state index in [0.29, 0.717) is 54.1 Å². The number of methoxy groups -OCH3 is 3. The number of anilines is 2. The number of rotatable bonds is 7. The minimum Gasteiger partial charge on any atom is -0.493 e. The maximum atomic E-state index is 11.5. The monoisotopic (exact) mass is 416 g/mol. The number of ether oxygens (including phenoxy) is 3. The highest BCUT2D eigenvalue weighted by molar-refractivity contribution is 5.73. The fraction of sp³-hybridized carbons (Fsp3) is 0.476. The second-order valence-corrected chi connectivity index (χ2v) is 7.23. The Morgan fingerprint density at radius 3 is 2.43 bits per heavy atom. The summed E-state index contributed by atoms with van der Waals surface area (Å²) in [7, 11) is 4.66. The van der Waals surface area contributed by atoms with Crippen molar-refractivity contribution in [1.82, 2.24) is 9.97 Å². The van der Waals surface area contributed by atoms with E-state index in [4.69, 9.17) is 24.9 Å². The van der Waals surface area contributed by atoms with Gasteiger partial charge in [0.2, 0.25) is 5.75 Å². The average Bonchev–Trinajstić information content (AvgIpc) is 2.77. The number of aromatic nitrogens is 2. The van der Waals surface area contributed by atoms with Crippen LogP contribution < -0.4 is 24.8 Å². The van der Waals surface area contributed by atoms with Crippen molar-refractivity contribution in [3.63, 3.8) is 0 Å². The van der Waals surface area contributed by atoms with Crippen LogP contribution in [0.1, 0.15) is 19.8 Å². The molecule has 2 atom stereocenters. The molecule has 162 valence electrons. The largest absolute Gasteiger partial charge is 0.493 e. The Kier molecular flexibility index (Phi) is 6.49. The molecule has 1 aliphatic heterocycles. The van der Waals surface area contributed by atoms with Crippen molar-refractivity contribution in [2.24, 2.45) is 11.8 Å². The van der Waals surface area contributed by atoms with Crippen molar-refractivity contribution in [3.05, 3.63) is 18.3 Å². The summed E-state index contributed by atoms with van der Waals surface area (Å²) in [6.45, 7) is 3.14. The van der Waals surface area contributed by atoms with E-state index in [1.807, 2.05) is 11.8 Å². The number of hydrogen-bond acceptors (Lipinski definition) is 8. The molecule has 2 aromatic rings. The lowest BCUT2D eigenvalue weighted by Gasteiger charge is -2.37. The van der Waals surface area contributed by atoms with Gasteiger partial charge in [-0.15, -0.1) is 0 Å². The fourth-order valence-corrected chi connectivity index (χ4v) is 3.95. The van der Waals surface area contributed by atoms with Gasteiger partial charge in [0.15, 0.2) is 23.1 Å². The number of benzene rings is 1. The number of nitrogens with two attached hydrogens (primary N) is 1. The molecule has 0 bridgehead atoms. The van der Waals surface area contributed by atoms with Gasteiger partial charge < -0.3 is 30.0 Å². The third-order valence-electron chi connectivity index (χ3n) is 5.62. The number of aliphatic carboxylic acids is 1. The van der Waals surface area contributed by atoms with E-state index in [2.05, 4.69) is 4.98 Å². The summed E-state index contributed by atoms with van der Waals surface area (Å²) in [5.74, 6) is 1.33. The van der Waals surface area contributed by atoms with E-state index in [-0.39, 0.29) is 11.8 Å². The molecule has 9 heteroatoms. The van der Waals surface area contributed by atoms with E-state index >= 15 is 0 Å². The highest BCUT2D eigenvalue weighted by Gasteiger charge is 2.34. The Morgan fingerprint density at radius 1 is 1.23 bits per heavy atom. The minimum atomic E-state index is -0.744. The third kappa shape index (κ3) is 4.05. The molecule has 1 fully saturated rings. The second-order valence-electron chi connectivity index (χ2n) is 7.23. The first-order valence-electron chi connectivity index (χ1n) is 9.84. The predicted octanol–water partition coefficient (Wildman–Crippen LogP) is 2.69. The molecule has 1 aromatic heterocycles. The lowest BCUT2D eigenvalue weighted by molar-refractivity contribution is -0.144. The highest BCUT2D eigenvalue weighted by Crippen LogP contribution is 2.41. The number of carboxylic acid groups (broad SMARTS) is 1. The van der Waals surface area contributed by atoms with E-state index in [0.717, 1.165) is 12.0 Å². The number of nitrogen functional groups attached to an aromatic ring is 1. The second kappa shape index (κ2) is 9.06. The van der Waals surface area contributed by atoms with Gasteiger partial charge in [0.05, 0.1) is 39.1 Å². The van der Waals surface area contributed by atoms with Crippen LogP contribution in [0.15, 0.2) is 18.3 Å². The van der Waals surface area contributed by atoms with Gasteiger partial charge in [0.25, 0.3) is 0 Å². The van der Waals surface area contributed by atoms with Crippen LogP contribution in [0, 0.1) is 11.8 Å². The number of piperidine rings is 1. The molecule has 1 aromatic carbocycles. The van der Waals surface area contributed by atoms with Gasteiger partial charge in [-0.3, -0.25) is 4.79 Å². The smallest absolute Gasteiger partial charge is 0.306 e. The molecule has 0 aliphatic carbocycles. The van der Waals surface area contributed by atoms with Gasteiger partial charge in [0.1, 0.15) is 0 Å². The minimum absolute atomic E-state index is 0.0299. The Hall–Kier alpha value is -3.23. The first-order chi connectivity index (χ1) is 14.4. The molecular formula is C21H28N4O5. The van der Waals surface area contributed by atoms with Gasteiger partial charge in [-0.25, -0.2) is 9.97 Å². The molecule has 0 unspecified atom stereocenters. The number of carboxylic acids is 1. The van der Waals surface area contributed by atoms with E-state index in [9.17, 15) is 9.90 Å². The zero-order chi connectivity index (χ0) is 21.8. The van der Waals surface area contributed by atoms with Crippen LogP contribution in [0.25, 0.3) is 11.3 Å². The molecule has 0 amide bonds. The third-order valence-corrected chi connectivity index (χ3v) is 5.62. The van der Waals surface area contributed by atoms with Gasteiger partial charge in [-0.1, -0.05) is 13.3 Å². The van der Waals surface area contributed by atoms with Crippen molar-refractivity contribution >= 4 is 17.6 Å². The maximum Gasteiger partial charge on any atom is 0.306 e. The average molecular weight is 416 g/mol. The zero-order valence-electron chi connectivity index (χ0n) is 17.7. The van der Waals surface area contributed by atoms with Gasteiger partial charge in [0, 0.05) is 18.7 Å². The summed E-state index contributed by atoms with van der Waals surface area (Å²) in [6.07, 6.45) is 2.91. The molecular weight excluding hydrogens is 388 g/mol. The molecule has 2 heterocycles. The first-order valence-corrected chi connectivity index (χ1v) is 9.84. The zero-order valence-corrected chi connectivity index (χ0v) is 17.7. The lowest BCUT2D eigenvalue weighted by atomic mass is 9.84. The summed E-state index contributed by atoms with van der Waals surface area (Å²) >= 11 is 0. The fourth-order valence-electron chi connectivity index (χ4n) is 3.95. The number of carbonyl (C=O) groups is 1. The molecule has 1 aliphatic rings. The lowest BCUT2D eigenvalue weighted by Crippen LogP contribution is -2.43. The maximum absolute atomic E-state index is 11.5. The van der Waals surface area contributed by atoms with Crippen molar-refractivity contribution in [2.45, 2.75) is 19.8 Å². The number of nitrogens with zero attached hydrogens (tertiary/aromatic N) is 3. The molecule has 9 nitrogen and oxygen atoms in total. The summed E-state index contributed by atoms with van der Waals surface area (Å²) in [6, 6.07) is 3.60. The van der Waals surface area contributed by atoms with Crippen LogP contribution in [-0.4, -0.2) is 55.5 Å². The van der Waals surface area contributed by atoms with Crippen LogP contribution >= 0.6 is 0 Å². The summed E-state index contributed by atoms with van der Waals surface area (Å²) in [5.41, 5.74) is 7.48. The Morgan fingerprint density at radius 2 is 1.90 bits per heavy atom. The van der Waals surface area contributed by atoms with Crippen LogP contribution in [0.2, 0.25) is 0 Å². The van der Waals surface area contributed by atoms with Crippen LogP contribution in [0.4, 0.5) is 11.6 Å². The molecule has 3 rings (SSSR count). The van der Waals surface area contributed by atoms with Crippen molar-refractivity contribution in [2.75, 3.05) is 45.1 Å². The van der Waals surface area contributed by atoms with Crippen molar-refractivity contribution in [3.8, 4) is 28.5 Å². The predicted molar refractivity (Wildman–Crippen MR) is 113 cm³/mol. The Bertz CT molecular complexity index is 895. The van der Waals surface area contributed by atoms with Gasteiger partial charge in [-0.2, -0.15) is 0 Å². The summed E-state index contributed by atoms with van der Waals surface area (Å²) in [5, 5.41) is 9.48. The van der Waals surface area contributed by atoms with Crippen LogP contribution in [0.3, 0.4) is 0 Å². The van der Waals surface area contributed by atoms with E-state index < -0.39 is 5.97 Å². The first kappa shape index (κ1) is 21.5. The molecule has 0 saturated carbocycles. The van der Waals surface area contributed by atoms with Crippen LogP contribution in [0.5, 0.6) is 17.2 Å². The van der Waals surface area contributed by atoms with Crippen LogP contribution in [-0.2, 0) is 4.79 Å². The highest BCUT2D eigenvalue weighted by atomic mass is 16.5. The summed E-state index contributed by atoms with van der Waals surface area (Å²) in [4.78, 5) is 22.6. The van der Waals surface area contributed by atoms with Gasteiger partial charge >= 0.3 is 5.97 Å².